The number of aliphatic hydroxyl groups is 1. The van der Waals surface area contributed by atoms with Crippen molar-refractivity contribution in [3.8, 4) is 0 Å². The monoisotopic (exact) mass is 347 g/mol. The van der Waals surface area contributed by atoms with Gasteiger partial charge in [-0.3, -0.25) is 4.79 Å². The summed E-state index contributed by atoms with van der Waals surface area (Å²) >= 11 is 0. The molecule has 1 aromatic rings. The van der Waals surface area contributed by atoms with E-state index in [1.54, 1.807) is 12.3 Å². The SMILES string of the molecule is O=C1N([C@H]2CC[C@H](O)CC2)CC[C@]12CCCN(c1ncccc1F)C2. The van der Waals surface area contributed by atoms with Gasteiger partial charge in [0.1, 0.15) is 0 Å². The molecule has 5 nitrogen and oxygen atoms in total. The third-order valence-corrected chi connectivity index (χ3v) is 6.27. The van der Waals surface area contributed by atoms with Gasteiger partial charge in [-0.05, 0) is 57.1 Å². The molecule has 1 N–H and O–H groups in total. The smallest absolute Gasteiger partial charge is 0.230 e. The molecular weight excluding hydrogens is 321 g/mol. The number of anilines is 1. The highest BCUT2D eigenvalue weighted by molar-refractivity contribution is 5.86. The largest absolute Gasteiger partial charge is 0.393 e. The van der Waals surface area contributed by atoms with Gasteiger partial charge in [-0.1, -0.05) is 0 Å². The predicted molar refractivity (Wildman–Crippen MR) is 92.7 cm³/mol. The molecule has 4 rings (SSSR count). The number of pyridine rings is 1. The van der Waals surface area contributed by atoms with Crippen LogP contribution in [0.25, 0.3) is 0 Å². The summed E-state index contributed by atoms with van der Waals surface area (Å²) in [6.07, 6.45) is 7.36. The van der Waals surface area contributed by atoms with Crippen LogP contribution in [0.1, 0.15) is 44.9 Å². The summed E-state index contributed by atoms with van der Waals surface area (Å²) in [5.41, 5.74) is -0.391. The van der Waals surface area contributed by atoms with Crippen molar-refractivity contribution in [3.05, 3.63) is 24.1 Å². The first-order valence-corrected chi connectivity index (χ1v) is 9.44. The molecule has 3 aliphatic rings. The Morgan fingerprint density at radius 1 is 1.20 bits per heavy atom. The summed E-state index contributed by atoms with van der Waals surface area (Å²) in [5.74, 6) is 0.284. The van der Waals surface area contributed by atoms with Gasteiger partial charge in [0.25, 0.3) is 0 Å². The van der Waals surface area contributed by atoms with Crippen molar-refractivity contribution in [1.29, 1.82) is 0 Å². The number of aliphatic hydroxyl groups excluding tert-OH is 1. The van der Waals surface area contributed by atoms with E-state index in [4.69, 9.17) is 0 Å². The van der Waals surface area contributed by atoms with Gasteiger partial charge in [0.2, 0.25) is 5.91 Å². The number of nitrogens with zero attached hydrogens (tertiary/aromatic N) is 3. The van der Waals surface area contributed by atoms with Crippen LogP contribution in [0.15, 0.2) is 18.3 Å². The number of rotatable bonds is 2. The zero-order valence-electron chi connectivity index (χ0n) is 14.5. The minimum absolute atomic E-state index is 0.208. The first kappa shape index (κ1) is 16.8. The molecule has 3 fully saturated rings. The lowest BCUT2D eigenvalue weighted by Crippen LogP contribution is -2.50. The van der Waals surface area contributed by atoms with E-state index in [0.29, 0.717) is 12.4 Å². The Morgan fingerprint density at radius 2 is 2.00 bits per heavy atom. The second-order valence-electron chi connectivity index (χ2n) is 7.83. The van der Waals surface area contributed by atoms with E-state index in [0.717, 1.165) is 58.0 Å². The maximum atomic E-state index is 14.1. The average molecular weight is 347 g/mol. The molecule has 1 spiro atoms. The quantitative estimate of drug-likeness (QED) is 0.892. The van der Waals surface area contributed by atoms with Crippen molar-refractivity contribution in [2.24, 2.45) is 5.41 Å². The maximum absolute atomic E-state index is 14.1. The van der Waals surface area contributed by atoms with Crippen LogP contribution in [0.3, 0.4) is 0 Å². The van der Waals surface area contributed by atoms with E-state index in [2.05, 4.69) is 4.98 Å². The molecule has 0 unspecified atom stereocenters. The van der Waals surface area contributed by atoms with Gasteiger partial charge in [0, 0.05) is 31.9 Å². The Bertz CT molecular complexity index is 647. The Morgan fingerprint density at radius 3 is 2.76 bits per heavy atom. The van der Waals surface area contributed by atoms with Crippen LogP contribution in [0.5, 0.6) is 0 Å². The van der Waals surface area contributed by atoms with Gasteiger partial charge in [-0.15, -0.1) is 0 Å². The van der Waals surface area contributed by atoms with E-state index in [1.807, 2.05) is 9.80 Å². The number of halogens is 1. The van der Waals surface area contributed by atoms with Crippen LogP contribution in [0, 0.1) is 11.2 Å². The van der Waals surface area contributed by atoms with Gasteiger partial charge < -0.3 is 14.9 Å². The fraction of sp³-hybridized carbons (Fsp3) is 0.684. The van der Waals surface area contributed by atoms with Crippen molar-refractivity contribution in [2.75, 3.05) is 24.5 Å². The van der Waals surface area contributed by atoms with Crippen LogP contribution in [0.2, 0.25) is 0 Å². The van der Waals surface area contributed by atoms with Crippen LogP contribution in [-0.4, -0.2) is 52.7 Å². The second-order valence-corrected chi connectivity index (χ2v) is 7.83. The van der Waals surface area contributed by atoms with Crippen LogP contribution >= 0.6 is 0 Å². The Balaban J connectivity index is 1.50. The zero-order valence-corrected chi connectivity index (χ0v) is 14.5. The van der Waals surface area contributed by atoms with Crippen molar-refractivity contribution in [1.82, 2.24) is 9.88 Å². The topological polar surface area (TPSA) is 56.7 Å². The van der Waals surface area contributed by atoms with E-state index >= 15 is 0 Å². The van der Waals surface area contributed by atoms with Gasteiger partial charge in [0.05, 0.1) is 11.5 Å². The van der Waals surface area contributed by atoms with Crippen molar-refractivity contribution in [3.63, 3.8) is 0 Å². The molecule has 0 radical (unpaired) electrons. The summed E-state index contributed by atoms with van der Waals surface area (Å²) in [6, 6.07) is 3.29. The normalized spacial score (nSPS) is 33.3. The molecule has 2 saturated heterocycles. The van der Waals surface area contributed by atoms with Crippen LogP contribution < -0.4 is 4.90 Å². The van der Waals surface area contributed by atoms with Gasteiger partial charge >= 0.3 is 0 Å². The summed E-state index contributed by atoms with van der Waals surface area (Å²) in [4.78, 5) is 21.4. The highest BCUT2D eigenvalue weighted by atomic mass is 19.1. The molecule has 3 heterocycles. The molecule has 1 aliphatic carbocycles. The Hall–Kier alpha value is -1.69. The average Bonchev–Trinajstić information content (AvgIpc) is 2.92. The molecule has 6 heteroatoms. The summed E-state index contributed by atoms with van der Waals surface area (Å²) in [7, 11) is 0. The lowest BCUT2D eigenvalue weighted by molar-refractivity contribution is -0.139. The summed E-state index contributed by atoms with van der Waals surface area (Å²) in [5, 5.41) is 9.71. The third kappa shape index (κ3) is 3.01. The number of amides is 1. The number of hydrogen-bond donors (Lipinski definition) is 1. The van der Waals surface area contributed by atoms with E-state index < -0.39 is 5.41 Å². The maximum Gasteiger partial charge on any atom is 0.230 e. The van der Waals surface area contributed by atoms with Crippen LogP contribution in [-0.2, 0) is 4.79 Å². The number of likely N-dealkylation sites (tertiary alicyclic amines) is 1. The zero-order chi connectivity index (χ0) is 17.4. The van der Waals surface area contributed by atoms with Gasteiger partial charge in [0.15, 0.2) is 11.6 Å². The molecule has 1 saturated carbocycles. The molecule has 1 amide bonds. The first-order valence-electron chi connectivity index (χ1n) is 9.44. The lowest BCUT2D eigenvalue weighted by Gasteiger charge is -2.41. The minimum atomic E-state index is -0.391. The molecule has 136 valence electrons. The molecule has 2 aliphatic heterocycles. The lowest BCUT2D eigenvalue weighted by atomic mass is 9.78. The van der Waals surface area contributed by atoms with Crippen molar-refractivity contribution in [2.45, 2.75) is 57.1 Å². The van der Waals surface area contributed by atoms with E-state index in [1.165, 1.54) is 6.07 Å². The van der Waals surface area contributed by atoms with Crippen molar-refractivity contribution < 1.29 is 14.3 Å². The number of aromatic nitrogens is 1. The highest BCUT2D eigenvalue weighted by Gasteiger charge is 2.51. The van der Waals surface area contributed by atoms with Crippen molar-refractivity contribution >= 4 is 11.7 Å². The fourth-order valence-electron chi connectivity index (χ4n) is 4.87. The predicted octanol–water partition coefficient (Wildman–Crippen LogP) is 2.34. The molecule has 0 bridgehead atoms. The molecular formula is C19H26FN3O2. The number of carbonyl (C=O) groups excluding carboxylic acids is 1. The third-order valence-electron chi connectivity index (χ3n) is 6.27. The summed E-state index contributed by atoms with van der Waals surface area (Å²) < 4.78 is 14.1. The number of carbonyl (C=O) groups is 1. The van der Waals surface area contributed by atoms with E-state index in [9.17, 15) is 14.3 Å². The standard InChI is InChI=1S/C19H26FN3O2/c20-16-3-1-10-21-17(16)22-11-2-8-19(13-22)9-12-23(18(19)25)14-4-6-15(24)7-5-14/h1,3,10,14-15,24H,2,4-9,11-13H2/t14-,15-,19-/m0/s1. The molecule has 1 atom stereocenters. The fourth-order valence-corrected chi connectivity index (χ4v) is 4.87. The van der Waals surface area contributed by atoms with Gasteiger partial charge in [-0.2, -0.15) is 0 Å². The number of piperidine rings is 1. The van der Waals surface area contributed by atoms with Crippen LogP contribution in [0.4, 0.5) is 10.2 Å². The number of hydrogen-bond acceptors (Lipinski definition) is 4. The molecule has 1 aromatic heterocycles. The molecule has 25 heavy (non-hydrogen) atoms. The second kappa shape index (κ2) is 6.56. The van der Waals surface area contributed by atoms with Gasteiger partial charge in [-0.25, -0.2) is 9.37 Å². The van der Waals surface area contributed by atoms with E-state index in [-0.39, 0.29) is 23.9 Å². The Kier molecular flexibility index (Phi) is 4.40. The molecule has 0 aromatic carbocycles. The first-order chi connectivity index (χ1) is 12.1. The Labute approximate surface area is 147 Å². The summed E-state index contributed by atoms with van der Waals surface area (Å²) in [6.45, 7) is 2.10. The minimum Gasteiger partial charge on any atom is -0.393 e. The highest BCUT2D eigenvalue weighted by Crippen LogP contribution is 2.43.